The third kappa shape index (κ3) is 4.67. The van der Waals surface area contributed by atoms with E-state index in [2.05, 4.69) is 217 Å². The van der Waals surface area contributed by atoms with Crippen LogP contribution in [0.2, 0.25) is 0 Å². The molecule has 12 aromatic carbocycles. The second-order valence-corrected chi connectivity index (χ2v) is 16.0. The average Bonchev–Trinajstić information content (AvgIpc) is 3.64. The van der Waals surface area contributed by atoms with Gasteiger partial charge in [0.2, 0.25) is 0 Å². The van der Waals surface area contributed by atoms with Crippen molar-refractivity contribution in [1.82, 2.24) is 4.57 Å². The summed E-state index contributed by atoms with van der Waals surface area (Å²) >= 11 is 0. The second-order valence-electron chi connectivity index (χ2n) is 16.0. The number of rotatable bonds is 3. The van der Waals surface area contributed by atoms with Gasteiger partial charge in [0, 0.05) is 16.5 Å². The average molecular weight is 746 g/mol. The van der Waals surface area contributed by atoms with E-state index in [0.717, 1.165) is 5.69 Å². The van der Waals surface area contributed by atoms with Crippen LogP contribution in [0.15, 0.2) is 212 Å². The quantitative estimate of drug-likeness (QED) is 0.159. The molecule has 1 nitrogen and oxygen atoms in total. The highest BCUT2D eigenvalue weighted by Gasteiger charge is 2.18. The lowest BCUT2D eigenvalue weighted by Gasteiger charge is -2.17. The normalized spacial score (nSPS) is 12.1. The Hall–Kier alpha value is -7.74. The molecule has 0 fully saturated rings. The Morgan fingerprint density at radius 1 is 0.237 bits per heavy atom. The minimum absolute atomic E-state index is 1.15. The van der Waals surface area contributed by atoms with Crippen LogP contribution in [-0.4, -0.2) is 4.57 Å². The summed E-state index contributed by atoms with van der Waals surface area (Å²) in [5.41, 5.74) is 8.47. The third-order valence-electron chi connectivity index (χ3n) is 12.9. The lowest BCUT2D eigenvalue weighted by molar-refractivity contribution is 1.18. The maximum atomic E-state index is 2.45. The third-order valence-corrected chi connectivity index (χ3v) is 12.9. The molecule has 13 aromatic rings. The Balaban J connectivity index is 0.998. The molecule has 1 aromatic heterocycles. The molecule has 0 N–H and O–H groups in total. The van der Waals surface area contributed by atoms with Crippen molar-refractivity contribution < 1.29 is 0 Å². The van der Waals surface area contributed by atoms with Crippen molar-refractivity contribution in [1.29, 1.82) is 0 Å². The number of fused-ring (bicyclic) bond motifs is 17. The van der Waals surface area contributed by atoms with Crippen LogP contribution in [0.1, 0.15) is 0 Å². The summed E-state index contributed by atoms with van der Waals surface area (Å²) in [6, 6.07) is 78.8. The molecule has 0 atom stereocenters. The highest BCUT2D eigenvalue weighted by molar-refractivity contribution is 6.39. The molecular weight excluding hydrogens is 711 g/mol. The summed E-state index contributed by atoms with van der Waals surface area (Å²) in [6.45, 7) is 0. The first-order valence-electron chi connectivity index (χ1n) is 20.5. The van der Waals surface area contributed by atoms with Crippen LogP contribution in [0.3, 0.4) is 0 Å². The highest BCUT2D eigenvalue weighted by atomic mass is 15.0. The van der Waals surface area contributed by atoms with Gasteiger partial charge in [-0.2, -0.15) is 0 Å². The molecular formula is C58H35N. The number of hydrogen-bond donors (Lipinski definition) is 0. The summed E-state index contributed by atoms with van der Waals surface area (Å²) < 4.78 is 2.42. The van der Waals surface area contributed by atoms with Crippen LogP contribution < -0.4 is 0 Å². The fraction of sp³-hybridized carbons (Fsp3) is 0. The zero-order chi connectivity index (χ0) is 38.6. The van der Waals surface area contributed by atoms with Crippen molar-refractivity contribution in [2.45, 2.75) is 0 Å². The van der Waals surface area contributed by atoms with E-state index < -0.39 is 0 Å². The van der Waals surface area contributed by atoms with Gasteiger partial charge in [-0.05, 0) is 140 Å². The molecule has 272 valence electrons. The van der Waals surface area contributed by atoms with Crippen LogP contribution >= 0.6 is 0 Å². The number of aromatic nitrogens is 1. The molecule has 1 heterocycles. The maximum Gasteiger partial charge on any atom is 0.0541 e. The van der Waals surface area contributed by atoms with Crippen molar-refractivity contribution in [3.63, 3.8) is 0 Å². The van der Waals surface area contributed by atoms with E-state index in [1.54, 1.807) is 0 Å². The van der Waals surface area contributed by atoms with Crippen molar-refractivity contribution in [2.24, 2.45) is 0 Å². The van der Waals surface area contributed by atoms with E-state index in [1.807, 2.05) is 0 Å². The summed E-state index contributed by atoms with van der Waals surface area (Å²) in [4.78, 5) is 0. The molecule has 0 radical (unpaired) electrons. The predicted molar refractivity (Wildman–Crippen MR) is 254 cm³/mol. The molecule has 0 saturated heterocycles. The van der Waals surface area contributed by atoms with Gasteiger partial charge < -0.3 is 4.57 Å². The first-order chi connectivity index (χ1) is 29.3. The Kier molecular flexibility index (Phi) is 6.79. The van der Waals surface area contributed by atoms with E-state index >= 15 is 0 Å². The largest absolute Gasteiger partial charge is 0.309 e. The van der Waals surface area contributed by atoms with Crippen molar-refractivity contribution >= 4 is 97.2 Å². The summed E-state index contributed by atoms with van der Waals surface area (Å²) in [7, 11) is 0. The molecule has 0 unspecified atom stereocenters. The van der Waals surface area contributed by atoms with Crippen molar-refractivity contribution in [3.05, 3.63) is 212 Å². The van der Waals surface area contributed by atoms with Crippen LogP contribution in [0.5, 0.6) is 0 Å². The molecule has 0 bridgehead atoms. The Morgan fingerprint density at radius 2 is 0.661 bits per heavy atom. The number of nitrogens with zero attached hydrogens (tertiary/aromatic N) is 1. The first kappa shape index (κ1) is 32.4. The van der Waals surface area contributed by atoms with Crippen LogP contribution in [0, 0.1) is 0 Å². The van der Waals surface area contributed by atoms with Crippen molar-refractivity contribution in [2.75, 3.05) is 0 Å². The topological polar surface area (TPSA) is 4.93 Å². The monoisotopic (exact) mass is 745 g/mol. The zero-order valence-electron chi connectivity index (χ0n) is 32.2. The van der Waals surface area contributed by atoms with E-state index in [9.17, 15) is 0 Å². The van der Waals surface area contributed by atoms with Gasteiger partial charge in [-0.25, -0.2) is 0 Å². The fourth-order valence-electron chi connectivity index (χ4n) is 10.3. The number of benzene rings is 12. The van der Waals surface area contributed by atoms with Gasteiger partial charge >= 0.3 is 0 Å². The zero-order valence-corrected chi connectivity index (χ0v) is 32.2. The molecule has 13 rings (SSSR count). The molecule has 0 saturated carbocycles. The first-order valence-corrected chi connectivity index (χ1v) is 20.5. The summed E-state index contributed by atoms with van der Waals surface area (Å²) in [5.74, 6) is 0. The Labute approximate surface area is 340 Å². The molecule has 59 heavy (non-hydrogen) atoms. The van der Waals surface area contributed by atoms with Gasteiger partial charge in [0.05, 0.1) is 11.0 Å². The van der Waals surface area contributed by atoms with Crippen LogP contribution in [-0.2, 0) is 0 Å². The number of hydrogen-bond acceptors (Lipinski definition) is 0. The molecule has 0 spiro atoms. The minimum atomic E-state index is 1.15. The molecule has 0 aliphatic rings. The second kappa shape index (κ2) is 12.4. The smallest absolute Gasteiger partial charge is 0.0541 e. The SMILES string of the molecule is c1ccc2c(c1)cc(-c1ccc(-n3c4ccccc4c4cc(-c5ccc6c7ccccc7c7c8ccccc8c8ccccc8c7c6c5)ccc43)cc1)c1ccccc12. The van der Waals surface area contributed by atoms with Crippen LogP contribution in [0.25, 0.3) is 125 Å². The summed E-state index contributed by atoms with van der Waals surface area (Å²) in [5, 5.41) is 20.7. The van der Waals surface area contributed by atoms with Gasteiger partial charge in [0.1, 0.15) is 0 Å². The predicted octanol–water partition coefficient (Wildman–Crippen LogP) is 16.2. The lowest BCUT2D eigenvalue weighted by atomic mass is 9.86. The van der Waals surface area contributed by atoms with Crippen molar-refractivity contribution in [3.8, 4) is 27.9 Å². The highest BCUT2D eigenvalue weighted by Crippen LogP contribution is 2.45. The standard InChI is InChI=1S/C58H35N/c1-2-14-41-39(13-1)35-52(46-19-4-3-15-42(41)46)36-25-29-40(30-26-36)59-55-24-12-11-20-48(55)53-33-38(28-32-56(53)59)37-27-31-47-45-18-7-9-22-50(45)57-49-21-8-5-16-43(49)44-17-6-10-23-51(44)58(57)54(47)34-37/h1-35H. The van der Waals surface area contributed by atoms with Crippen LogP contribution in [0.4, 0.5) is 0 Å². The Bertz CT molecular complexity index is 3870. The molecule has 0 amide bonds. The van der Waals surface area contributed by atoms with Gasteiger partial charge in [0.15, 0.2) is 0 Å². The molecule has 1 heteroatoms. The molecule has 0 aliphatic heterocycles. The van der Waals surface area contributed by atoms with E-state index in [0.29, 0.717) is 0 Å². The van der Waals surface area contributed by atoms with E-state index in [1.165, 1.54) is 119 Å². The van der Waals surface area contributed by atoms with Gasteiger partial charge in [-0.15, -0.1) is 0 Å². The van der Waals surface area contributed by atoms with Gasteiger partial charge in [0.25, 0.3) is 0 Å². The van der Waals surface area contributed by atoms with Gasteiger partial charge in [-0.3, -0.25) is 0 Å². The van der Waals surface area contributed by atoms with E-state index in [4.69, 9.17) is 0 Å². The Morgan fingerprint density at radius 3 is 1.31 bits per heavy atom. The fourth-order valence-corrected chi connectivity index (χ4v) is 10.3. The van der Waals surface area contributed by atoms with E-state index in [-0.39, 0.29) is 0 Å². The maximum absolute atomic E-state index is 2.45. The number of para-hydroxylation sites is 1. The summed E-state index contributed by atoms with van der Waals surface area (Å²) in [6.07, 6.45) is 0. The molecule has 0 aliphatic carbocycles. The van der Waals surface area contributed by atoms with Gasteiger partial charge in [-0.1, -0.05) is 170 Å². The lowest BCUT2D eigenvalue weighted by Crippen LogP contribution is -1.94. The minimum Gasteiger partial charge on any atom is -0.309 e.